The molecule has 0 bridgehead atoms. The molecular formula is C38H30ClF6N13O. The first-order valence-electron chi connectivity index (χ1n) is 17.4. The van der Waals surface area contributed by atoms with E-state index in [1.165, 1.54) is 48.7 Å². The van der Waals surface area contributed by atoms with Gasteiger partial charge in [0.15, 0.2) is 17.3 Å². The average molecular weight is 834 g/mol. The lowest BCUT2D eigenvalue weighted by molar-refractivity contribution is -0.137. The number of hydrogen-bond acceptors (Lipinski definition) is 12. The minimum Gasteiger partial charge on any atom is -0.435 e. The molecule has 21 heteroatoms. The second-order valence-corrected chi connectivity index (χ2v) is 12.9. The van der Waals surface area contributed by atoms with Crippen LogP contribution >= 0.6 is 11.6 Å². The van der Waals surface area contributed by atoms with Gasteiger partial charge in [-0.15, -0.1) is 0 Å². The predicted molar refractivity (Wildman–Crippen MR) is 210 cm³/mol. The highest BCUT2D eigenvalue weighted by Crippen LogP contribution is 2.31. The molecule has 59 heavy (non-hydrogen) atoms. The first-order chi connectivity index (χ1) is 28.2. The van der Waals surface area contributed by atoms with E-state index in [2.05, 4.69) is 50.3 Å². The smallest absolute Gasteiger partial charge is 0.416 e. The summed E-state index contributed by atoms with van der Waals surface area (Å²) in [6.07, 6.45) is -2.33. The Morgan fingerprint density at radius 3 is 2.17 bits per heavy atom. The van der Waals surface area contributed by atoms with Gasteiger partial charge < -0.3 is 26.8 Å². The van der Waals surface area contributed by atoms with Gasteiger partial charge in [0.2, 0.25) is 17.7 Å². The van der Waals surface area contributed by atoms with E-state index in [4.69, 9.17) is 23.1 Å². The summed E-state index contributed by atoms with van der Waals surface area (Å²) < 4.78 is 85.0. The van der Waals surface area contributed by atoms with Crippen molar-refractivity contribution in [1.29, 1.82) is 0 Å². The predicted octanol–water partition coefficient (Wildman–Crippen LogP) is 8.96. The number of aryl methyl sites for hydroxylation is 2. The molecule has 0 unspecified atom stereocenters. The van der Waals surface area contributed by atoms with Crippen LogP contribution in [0, 0.1) is 12.7 Å². The van der Waals surface area contributed by atoms with Crippen LogP contribution in [0.15, 0.2) is 91.1 Å². The lowest BCUT2D eigenvalue weighted by Crippen LogP contribution is -2.10. The van der Waals surface area contributed by atoms with E-state index in [-0.39, 0.29) is 35.1 Å². The molecule has 0 atom stereocenters. The normalized spacial score (nSPS) is 11.5. The molecule has 5 heterocycles. The largest absolute Gasteiger partial charge is 0.435 e. The van der Waals surface area contributed by atoms with Gasteiger partial charge >= 0.3 is 12.8 Å². The van der Waals surface area contributed by atoms with Crippen LogP contribution < -0.4 is 26.8 Å². The molecule has 0 aliphatic carbocycles. The maximum Gasteiger partial charge on any atom is 0.416 e. The maximum atomic E-state index is 14.5. The molecule has 0 fully saturated rings. The third kappa shape index (κ3) is 8.86. The summed E-state index contributed by atoms with van der Waals surface area (Å²) in [4.78, 5) is 30.2. The van der Waals surface area contributed by atoms with Gasteiger partial charge in [0.1, 0.15) is 29.0 Å². The second kappa shape index (κ2) is 16.3. The van der Waals surface area contributed by atoms with E-state index in [9.17, 15) is 26.3 Å². The van der Waals surface area contributed by atoms with Crippen molar-refractivity contribution in [2.75, 3.05) is 22.1 Å². The average Bonchev–Trinajstić information content (AvgIpc) is 3.73. The molecule has 8 aromatic rings. The van der Waals surface area contributed by atoms with Crippen LogP contribution in [0.25, 0.3) is 34.1 Å². The monoisotopic (exact) mass is 833 g/mol. The van der Waals surface area contributed by atoms with Gasteiger partial charge in [0.05, 0.1) is 27.1 Å². The van der Waals surface area contributed by atoms with Crippen molar-refractivity contribution in [1.82, 2.24) is 44.0 Å². The lowest BCUT2D eigenvalue weighted by Gasteiger charge is -2.12. The Morgan fingerprint density at radius 2 is 1.47 bits per heavy atom. The van der Waals surface area contributed by atoms with Crippen molar-refractivity contribution in [3.8, 4) is 17.6 Å². The third-order valence-corrected chi connectivity index (χ3v) is 8.63. The van der Waals surface area contributed by atoms with E-state index in [1.54, 1.807) is 22.1 Å². The number of rotatable bonds is 9. The zero-order valence-electron chi connectivity index (χ0n) is 30.7. The molecule has 0 amide bonds. The number of halogens is 7. The fourth-order valence-corrected chi connectivity index (χ4v) is 5.99. The van der Waals surface area contributed by atoms with E-state index in [0.717, 1.165) is 23.2 Å². The molecule has 6 N–H and O–H groups in total. The summed E-state index contributed by atoms with van der Waals surface area (Å²) >= 11 is 6.08. The van der Waals surface area contributed by atoms with E-state index >= 15 is 0 Å². The van der Waals surface area contributed by atoms with Crippen LogP contribution in [0.3, 0.4) is 0 Å². The van der Waals surface area contributed by atoms with E-state index < -0.39 is 24.2 Å². The van der Waals surface area contributed by atoms with Gasteiger partial charge in [-0.3, -0.25) is 9.13 Å². The standard InChI is InChI=1S/C19H15ClF3N7.C19H15F3N6O/c1-2-16-29-17-13(7-11(20)9-25-17)30(16)18-27-14(24)8-15(28-18)26-12-5-3-10(4-6-12)19(21,22)23;1-10-24-13-4-2-3-5-14(13)28(10)19-26-16(23)15(20)17(27-19)25-11-6-8-12(9-7-11)29-18(21)22/h3-9H,2H2,1H3,(H3,24,26,27,28);2-9,18H,1H3,(H3,23,25,26,27). The Bertz CT molecular complexity index is 2780. The first-order valence-corrected chi connectivity index (χ1v) is 17.8. The molecule has 3 aromatic carbocycles. The number of pyridine rings is 1. The number of imidazole rings is 2. The number of anilines is 6. The molecule has 0 radical (unpaired) electrons. The number of hydrogen-bond donors (Lipinski definition) is 4. The van der Waals surface area contributed by atoms with Crippen molar-refractivity contribution in [2.24, 2.45) is 0 Å². The fraction of sp³-hybridized carbons (Fsp3) is 0.132. The Hall–Kier alpha value is -7.22. The van der Waals surface area contributed by atoms with Crippen LogP contribution in [0.4, 0.5) is 61.0 Å². The number of benzene rings is 3. The van der Waals surface area contributed by atoms with E-state index in [1.807, 2.05) is 31.2 Å². The summed E-state index contributed by atoms with van der Waals surface area (Å²) in [6, 6.07) is 20.7. The third-order valence-electron chi connectivity index (χ3n) is 8.42. The lowest BCUT2D eigenvalue weighted by atomic mass is 10.2. The minimum atomic E-state index is -4.40. The topological polar surface area (TPSA) is 185 Å². The molecule has 0 saturated heterocycles. The number of nitrogens with two attached hydrogens (primary N) is 2. The van der Waals surface area contributed by atoms with E-state index in [0.29, 0.717) is 51.4 Å². The number of aromatic nitrogens is 9. The van der Waals surface area contributed by atoms with Crippen LogP contribution in [0.2, 0.25) is 5.02 Å². The van der Waals surface area contributed by atoms with Crippen molar-refractivity contribution in [2.45, 2.75) is 33.1 Å². The maximum absolute atomic E-state index is 14.5. The van der Waals surface area contributed by atoms with Crippen LogP contribution in [0.5, 0.6) is 5.75 Å². The zero-order valence-corrected chi connectivity index (χ0v) is 31.4. The fourth-order valence-electron chi connectivity index (χ4n) is 5.84. The Labute approximate surface area is 334 Å². The Balaban J connectivity index is 0.000000179. The molecule has 0 aliphatic rings. The number of alkyl halides is 5. The van der Waals surface area contributed by atoms with Crippen molar-refractivity contribution in [3.05, 3.63) is 119 Å². The highest BCUT2D eigenvalue weighted by atomic mass is 35.5. The molecule has 0 aliphatic heterocycles. The zero-order chi connectivity index (χ0) is 42.0. The summed E-state index contributed by atoms with van der Waals surface area (Å²) in [6.45, 7) is 0.772. The van der Waals surface area contributed by atoms with Crippen molar-refractivity contribution < 1.29 is 31.1 Å². The highest BCUT2D eigenvalue weighted by molar-refractivity contribution is 6.31. The first kappa shape index (κ1) is 40.0. The van der Waals surface area contributed by atoms with Gasteiger partial charge in [-0.2, -0.15) is 46.3 Å². The number of nitrogens with zero attached hydrogens (tertiary/aromatic N) is 9. The number of nitrogens with one attached hydrogen (secondary N) is 2. The van der Waals surface area contributed by atoms with Gasteiger partial charge in [0.25, 0.3) is 0 Å². The molecule has 0 saturated carbocycles. The molecule has 8 rings (SSSR count). The number of ether oxygens (including phenoxy) is 1. The highest BCUT2D eigenvalue weighted by Gasteiger charge is 2.30. The Morgan fingerprint density at radius 1 is 0.797 bits per heavy atom. The minimum absolute atomic E-state index is 0.0191. The number of nitrogen functional groups attached to an aromatic ring is 2. The van der Waals surface area contributed by atoms with Crippen molar-refractivity contribution in [3.63, 3.8) is 0 Å². The van der Waals surface area contributed by atoms with Gasteiger partial charge in [0, 0.05) is 30.1 Å². The van der Waals surface area contributed by atoms with Gasteiger partial charge in [-0.05, 0) is 73.7 Å². The molecule has 14 nitrogen and oxygen atoms in total. The second-order valence-electron chi connectivity index (χ2n) is 12.5. The molecular weight excluding hydrogens is 804 g/mol. The summed E-state index contributed by atoms with van der Waals surface area (Å²) in [5.74, 6) is 0.799. The van der Waals surface area contributed by atoms with Crippen LogP contribution in [0.1, 0.15) is 24.1 Å². The number of para-hydroxylation sites is 2. The molecule has 0 spiro atoms. The summed E-state index contributed by atoms with van der Waals surface area (Å²) in [5, 5.41) is 6.16. The van der Waals surface area contributed by atoms with Gasteiger partial charge in [-0.25, -0.2) is 15.0 Å². The quantitative estimate of drug-likeness (QED) is 0.101. The summed E-state index contributed by atoms with van der Waals surface area (Å²) in [7, 11) is 0. The summed E-state index contributed by atoms with van der Waals surface area (Å²) in [5.41, 5.74) is 14.4. The van der Waals surface area contributed by atoms with Crippen LogP contribution in [-0.4, -0.2) is 50.6 Å². The molecule has 302 valence electrons. The Kier molecular flexibility index (Phi) is 11.1. The van der Waals surface area contributed by atoms with Crippen LogP contribution in [-0.2, 0) is 12.6 Å². The van der Waals surface area contributed by atoms with Gasteiger partial charge in [-0.1, -0.05) is 30.7 Å². The van der Waals surface area contributed by atoms with Crippen molar-refractivity contribution >= 4 is 68.4 Å². The number of fused-ring (bicyclic) bond motifs is 2. The molecule has 5 aromatic heterocycles. The SMILES string of the molecule is CCc1nc2ncc(Cl)cc2n1-c1nc(N)cc(Nc2ccc(C(F)(F)F)cc2)n1.Cc1nc2ccccc2n1-c1nc(N)c(F)c(Nc2ccc(OC(F)F)cc2)n1.